The third-order valence-electron chi connectivity index (χ3n) is 5.05. The molecule has 0 saturated carbocycles. The number of anilines is 1. The van der Waals surface area contributed by atoms with Crippen LogP contribution in [0, 0.1) is 0 Å². The van der Waals surface area contributed by atoms with Crippen LogP contribution in [0.1, 0.15) is 34.3 Å². The molecule has 1 fully saturated rings. The molecule has 0 radical (unpaired) electrons. The van der Waals surface area contributed by atoms with Gasteiger partial charge in [-0.15, -0.1) is 11.8 Å². The molecular weight excluding hydrogens is 370 g/mol. The summed E-state index contributed by atoms with van der Waals surface area (Å²) in [7, 11) is 0. The summed E-state index contributed by atoms with van der Waals surface area (Å²) >= 11 is 7.93. The van der Waals surface area contributed by atoms with Crippen LogP contribution in [0.4, 0.5) is 5.69 Å². The van der Waals surface area contributed by atoms with Crippen molar-refractivity contribution < 1.29 is 14.6 Å². The van der Waals surface area contributed by atoms with Gasteiger partial charge in [0.1, 0.15) is 0 Å². The Balaban J connectivity index is 1.74. The third-order valence-corrected chi connectivity index (χ3v) is 6.54. The molecule has 2 aliphatic heterocycles. The second-order valence-corrected chi connectivity index (χ2v) is 8.52. The first-order valence-electron chi connectivity index (χ1n) is 8.70. The van der Waals surface area contributed by atoms with Crippen LogP contribution in [-0.2, 0) is 4.74 Å². The number of carbonyl (C=O) groups is 1. The van der Waals surface area contributed by atoms with Crippen LogP contribution in [0.3, 0.4) is 0 Å². The molecule has 1 N–H and O–H groups in total. The Morgan fingerprint density at radius 3 is 2.73 bits per heavy atom. The first-order chi connectivity index (χ1) is 12.5. The van der Waals surface area contributed by atoms with Crippen molar-refractivity contribution in [1.82, 2.24) is 0 Å². The van der Waals surface area contributed by atoms with Crippen LogP contribution >= 0.6 is 23.4 Å². The Bertz CT molecular complexity index is 851. The van der Waals surface area contributed by atoms with E-state index < -0.39 is 5.97 Å². The summed E-state index contributed by atoms with van der Waals surface area (Å²) in [5, 5.41) is 10.8. The number of morpholine rings is 1. The number of hydrogen-bond acceptors (Lipinski definition) is 4. The van der Waals surface area contributed by atoms with E-state index in [9.17, 15) is 9.90 Å². The van der Waals surface area contributed by atoms with E-state index in [0.29, 0.717) is 24.0 Å². The van der Waals surface area contributed by atoms with Gasteiger partial charge in [0.2, 0.25) is 0 Å². The fourth-order valence-electron chi connectivity index (χ4n) is 3.84. The molecule has 2 heterocycles. The highest BCUT2D eigenvalue weighted by Crippen LogP contribution is 2.49. The van der Waals surface area contributed by atoms with Crippen LogP contribution in [0.5, 0.6) is 0 Å². The van der Waals surface area contributed by atoms with E-state index in [1.807, 2.05) is 24.3 Å². The van der Waals surface area contributed by atoms with Gasteiger partial charge in [-0.25, -0.2) is 4.79 Å². The lowest BCUT2D eigenvalue weighted by molar-refractivity contribution is 0.0696. The first kappa shape index (κ1) is 17.7. The summed E-state index contributed by atoms with van der Waals surface area (Å²) in [6, 6.07) is 11.8. The molecule has 0 amide bonds. The minimum atomic E-state index is -0.886. The maximum absolute atomic E-state index is 11.9. The zero-order chi connectivity index (χ0) is 18.3. The average Bonchev–Trinajstić information content (AvgIpc) is 2.96. The number of halogens is 1. The first-order valence-corrected chi connectivity index (χ1v) is 9.96. The summed E-state index contributed by atoms with van der Waals surface area (Å²) in [4.78, 5) is 15.2. The molecule has 136 valence electrons. The van der Waals surface area contributed by atoms with E-state index >= 15 is 0 Å². The predicted octanol–water partition coefficient (Wildman–Crippen LogP) is 4.50. The SMILES string of the molecule is CC1Sc2cc(Cl)ccc2C1c1ccc(N2CCOCC2)c(C(=O)O)c1. The van der Waals surface area contributed by atoms with Gasteiger partial charge in [-0.2, -0.15) is 0 Å². The largest absolute Gasteiger partial charge is 0.478 e. The number of thioether (sulfide) groups is 1. The van der Waals surface area contributed by atoms with Crippen molar-refractivity contribution in [3.63, 3.8) is 0 Å². The Hall–Kier alpha value is -1.69. The Morgan fingerprint density at radius 2 is 2.00 bits per heavy atom. The molecule has 2 aliphatic rings. The maximum Gasteiger partial charge on any atom is 0.337 e. The topological polar surface area (TPSA) is 49.8 Å². The number of nitrogens with zero attached hydrogens (tertiary/aromatic N) is 1. The summed E-state index contributed by atoms with van der Waals surface area (Å²) in [5.41, 5.74) is 3.41. The number of carboxylic acid groups (broad SMARTS) is 1. The van der Waals surface area contributed by atoms with Gasteiger partial charge in [0.05, 0.1) is 24.5 Å². The van der Waals surface area contributed by atoms with Gasteiger partial charge < -0.3 is 14.7 Å². The van der Waals surface area contributed by atoms with E-state index in [2.05, 4.69) is 24.0 Å². The van der Waals surface area contributed by atoms with Crippen molar-refractivity contribution in [2.24, 2.45) is 0 Å². The van der Waals surface area contributed by atoms with Gasteiger partial charge in [0, 0.05) is 34.2 Å². The molecule has 0 aromatic heterocycles. The van der Waals surface area contributed by atoms with Crippen molar-refractivity contribution >= 4 is 35.0 Å². The molecular formula is C20H20ClNO3S. The number of rotatable bonds is 3. The lowest BCUT2D eigenvalue weighted by Gasteiger charge is -2.30. The van der Waals surface area contributed by atoms with Gasteiger partial charge in [-0.1, -0.05) is 30.7 Å². The van der Waals surface area contributed by atoms with Gasteiger partial charge in [0.15, 0.2) is 0 Å². The monoisotopic (exact) mass is 389 g/mol. The van der Waals surface area contributed by atoms with E-state index in [1.165, 1.54) is 10.5 Å². The molecule has 0 bridgehead atoms. The average molecular weight is 390 g/mol. The molecule has 1 saturated heterocycles. The highest BCUT2D eigenvalue weighted by molar-refractivity contribution is 8.00. The number of benzene rings is 2. The number of ether oxygens (including phenoxy) is 1. The number of carboxylic acids is 1. The summed E-state index contributed by atoms with van der Waals surface area (Å²) in [5.74, 6) is -0.716. The highest BCUT2D eigenvalue weighted by Gasteiger charge is 2.32. The zero-order valence-corrected chi connectivity index (χ0v) is 16.0. The van der Waals surface area contributed by atoms with Crippen molar-refractivity contribution in [1.29, 1.82) is 0 Å². The number of hydrogen-bond donors (Lipinski definition) is 1. The quantitative estimate of drug-likeness (QED) is 0.837. The molecule has 26 heavy (non-hydrogen) atoms. The predicted molar refractivity (Wildman–Crippen MR) is 105 cm³/mol. The van der Waals surface area contributed by atoms with Crippen molar-refractivity contribution in [3.8, 4) is 0 Å². The maximum atomic E-state index is 11.9. The molecule has 0 aliphatic carbocycles. The minimum absolute atomic E-state index is 0.170. The Morgan fingerprint density at radius 1 is 1.23 bits per heavy atom. The van der Waals surface area contributed by atoms with Crippen LogP contribution < -0.4 is 4.90 Å². The highest BCUT2D eigenvalue weighted by atomic mass is 35.5. The fourth-order valence-corrected chi connectivity index (χ4v) is 5.44. The van der Waals surface area contributed by atoms with Gasteiger partial charge in [-0.05, 0) is 35.4 Å². The lowest BCUT2D eigenvalue weighted by atomic mass is 9.88. The molecule has 6 heteroatoms. The fraction of sp³-hybridized carbons (Fsp3) is 0.350. The molecule has 2 aromatic rings. The van der Waals surface area contributed by atoms with Gasteiger partial charge >= 0.3 is 5.97 Å². The lowest BCUT2D eigenvalue weighted by Crippen LogP contribution is -2.37. The molecule has 4 rings (SSSR count). The van der Waals surface area contributed by atoms with Crippen LogP contribution in [0.15, 0.2) is 41.3 Å². The van der Waals surface area contributed by atoms with E-state index in [1.54, 1.807) is 11.8 Å². The zero-order valence-electron chi connectivity index (χ0n) is 14.4. The van der Waals surface area contributed by atoms with E-state index in [0.717, 1.165) is 29.4 Å². The number of aromatic carboxylic acids is 1. The summed E-state index contributed by atoms with van der Waals surface area (Å²) in [6.45, 7) is 4.88. The second kappa shape index (κ2) is 7.14. The molecule has 2 atom stereocenters. The van der Waals surface area contributed by atoms with Crippen molar-refractivity contribution in [3.05, 3.63) is 58.1 Å². The van der Waals surface area contributed by atoms with Crippen molar-refractivity contribution in [2.75, 3.05) is 31.2 Å². The normalized spacial score (nSPS) is 22.3. The van der Waals surface area contributed by atoms with Crippen LogP contribution in [0.2, 0.25) is 5.02 Å². The minimum Gasteiger partial charge on any atom is -0.478 e. The van der Waals surface area contributed by atoms with Crippen molar-refractivity contribution in [2.45, 2.75) is 23.0 Å². The summed E-state index contributed by atoms with van der Waals surface area (Å²) in [6.07, 6.45) is 0. The Labute approximate surface area is 162 Å². The van der Waals surface area contributed by atoms with Crippen LogP contribution in [-0.4, -0.2) is 42.6 Å². The standard InChI is InChI=1S/C20H20ClNO3S/c1-12-19(15-4-3-14(21)11-18(15)26-12)13-2-5-17(16(10-13)20(23)24)22-6-8-25-9-7-22/h2-5,10-12,19H,6-9H2,1H3,(H,23,24). The summed E-state index contributed by atoms with van der Waals surface area (Å²) < 4.78 is 5.39. The molecule has 4 nitrogen and oxygen atoms in total. The second-order valence-electron chi connectivity index (χ2n) is 6.66. The molecule has 2 unspecified atom stereocenters. The molecule has 2 aromatic carbocycles. The van der Waals surface area contributed by atoms with Crippen LogP contribution in [0.25, 0.3) is 0 Å². The number of fused-ring (bicyclic) bond motifs is 1. The third kappa shape index (κ3) is 3.20. The van der Waals surface area contributed by atoms with Gasteiger partial charge in [-0.3, -0.25) is 0 Å². The smallest absolute Gasteiger partial charge is 0.337 e. The van der Waals surface area contributed by atoms with E-state index in [-0.39, 0.29) is 5.92 Å². The molecule has 0 spiro atoms. The Kier molecular flexibility index (Phi) is 4.86. The van der Waals surface area contributed by atoms with E-state index in [4.69, 9.17) is 16.3 Å². The van der Waals surface area contributed by atoms with Gasteiger partial charge in [0.25, 0.3) is 0 Å².